The first kappa shape index (κ1) is 24.5. The summed E-state index contributed by atoms with van der Waals surface area (Å²) in [6.45, 7) is -0.334. The molecular formula is C23H22FN3O6S. The molecule has 0 aliphatic heterocycles. The minimum Gasteiger partial charge on any atom is -0.496 e. The Morgan fingerprint density at radius 3 is 2.26 bits per heavy atom. The number of ether oxygens (including phenoxy) is 2. The van der Waals surface area contributed by atoms with Gasteiger partial charge in [-0.3, -0.25) is 14.3 Å². The van der Waals surface area contributed by atoms with Gasteiger partial charge in [-0.25, -0.2) is 12.8 Å². The molecule has 0 aliphatic carbocycles. The lowest BCUT2D eigenvalue weighted by Crippen LogP contribution is -2.33. The van der Waals surface area contributed by atoms with Gasteiger partial charge in [0.15, 0.2) is 0 Å². The molecule has 34 heavy (non-hydrogen) atoms. The summed E-state index contributed by atoms with van der Waals surface area (Å²) in [6, 6.07) is 15.2. The number of nitrogens with one attached hydrogen (secondary N) is 3. The Balaban J connectivity index is 1.69. The van der Waals surface area contributed by atoms with Crippen LogP contribution in [0, 0.1) is 5.82 Å². The number of anilines is 2. The third kappa shape index (κ3) is 6.01. The molecule has 0 spiro atoms. The maximum atomic E-state index is 13.1. The molecule has 0 heterocycles. The molecular weight excluding hydrogens is 465 g/mol. The van der Waals surface area contributed by atoms with E-state index in [1.54, 1.807) is 24.3 Å². The molecule has 9 nitrogen and oxygen atoms in total. The quantitative estimate of drug-likeness (QED) is 0.427. The van der Waals surface area contributed by atoms with Gasteiger partial charge in [-0.05, 0) is 54.6 Å². The van der Waals surface area contributed by atoms with Gasteiger partial charge in [-0.2, -0.15) is 0 Å². The summed E-state index contributed by atoms with van der Waals surface area (Å²) >= 11 is 0. The Bertz CT molecular complexity index is 1300. The van der Waals surface area contributed by atoms with Gasteiger partial charge in [0, 0.05) is 5.69 Å². The molecule has 0 atom stereocenters. The van der Waals surface area contributed by atoms with E-state index < -0.39 is 27.7 Å². The highest BCUT2D eigenvalue weighted by atomic mass is 32.2. The van der Waals surface area contributed by atoms with Crippen LogP contribution in [-0.4, -0.2) is 41.0 Å². The van der Waals surface area contributed by atoms with Crippen molar-refractivity contribution in [2.75, 3.05) is 30.8 Å². The number of carbonyl (C=O) groups is 2. The lowest BCUT2D eigenvalue weighted by atomic mass is 10.2. The number of halogens is 1. The molecule has 178 valence electrons. The fourth-order valence-corrected chi connectivity index (χ4v) is 4.04. The standard InChI is InChI=1S/C23H22FN3O6S/c1-32-20-6-4-3-5-18(20)23(29)25-14-22(28)26-16-9-12-21(33-2)19(13-16)27-34(30,31)17-10-7-15(24)8-11-17/h3-13,27H,14H2,1-2H3,(H,25,29)(H,26,28). The van der Waals surface area contributed by atoms with Crippen LogP contribution < -0.4 is 24.8 Å². The van der Waals surface area contributed by atoms with Gasteiger partial charge < -0.3 is 20.1 Å². The lowest BCUT2D eigenvalue weighted by Gasteiger charge is -2.14. The maximum absolute atomic E-state index is 13.1. The SMILES string of the molecule is COc1ccc(NC(=O)CNC(=O)c2ccccc2OC)cc1NS(=O)(=O)c1ccc(F)cc1. The molecule has 2 amide bonds. The highest BCUT2D eigenvalue weighted by Crippen LogP contribution is 2.30. The predicted octanol–water partition coefficient (Wildman–Crippen LogP) is 3.01. The minimum absolute atomic E-state index is 0.0580. The van der Waals surface area contributed by atoms with Crippen LogP contribution in [0.4, 0.5) is 15.8 Å². The van der Waals surface area contributed by atoms with Crippen LogP contribution >= 0.6 is 0 Å². The number of benzene rings is 3. The Kier molecular flexibility index (Phi) is 7.69. The number of hydrogen-bond acceptors (Lipinski definition) is 6. The number of para-hydroxylation sites is 1. The highest BCUT2D eigenvalue weighted by molar-refractivity contribution is 7.92. The monoisotopic (exact) mass is 487 g/mol. The van der Waals surface area contributed by atoms with Gasteiger partial charge in [0.05, 0.1) is 36.9 Å². The van der Waals surface area contributed by atoms with Gasteiger partial charge in [0.25, 0.3) is 15.9 Å². The van der Waals surface area contributed by atoms with Crippen LogP contribution in [0.1, 0.15) is 10.4 Å². The molecule has 0 unspecified atom stereocenters. The van der Waals surface area contributed by atoms with Crippen molar-refractivity contribution >= 4 is 33.2 Å². The molecule has 11 heteroatoms. The molecule has 0 saturated carbocycles. The van der Waals surface area contributed by atoms with Gasteiger partial charge in [0.1, 0.15) is 17.3 Å². The van der Waals surface area contributed by atoms with Crippen molar-refractivity contribution in [3.8, 4) is 11.5 Å². The Morgan fingerprint density at radius 2 is 1.59 bits per heavy atom. The van der Waals surface area contributed by atoms with Crippen molar-refractivity contribution in [2.45, 2.75) is 4.90 Å². The smallest absolute Gasteiger partial charge is 0.262 e. The molecule has 0 fully saturated rings. The van der Waals surface area contributed by atoms with E-state index in [1.807, 2.05) is 0 Å². The zero-order valence-electron chi connectivity index (χ0n) is 18.3. The summed E-state index contributed by atoms with van der Waals surface area (Å²) in [6.07, 6.45) is 0. The third-order valence-electron chi connectivity index (χ3n) is 4.61. The van der Waals surface area contributed by atoms with E-state index in [0.29, 0.717) is 5.75 Å². The second kappa shape index (κ2) is 10.7. The minimum atomic E-state index is -4.04. The predicted molar refractivity (Wildman–Crippen MR) is 124 cm³/mol. The molecule has 0 aliphatic rings. The fourth-order valence-electron chi connectivity index (χ4n) is 2.98. The lowest BCUT2D eigenvalue weighted by molar-refractivity contribution is -0.115. The number of sulfonamides is 1. The van der Waals surface area contributed by atoms with Crippen molar-refractivity contribution in [3.05, 3.63) is 78.1 Å². The molecule has 3 aromatic carbocycles. The Hall–Kier alpha value is -4.12. The number of methoxy groups -OCH3 is 2. The topological polar surface area (TPSA) is 123 Å². The summed E-state index contributed by atoms with van der Waals surface area (Å²) in [7, 11) is -1.25. The molecule has 3 N–H and O–H groups in total. The van der Waals surface area contributed by atoms with E-state index in [-0.39, 0.29) is 34.1 Å². The molecule has 0 aromatic heterocycles. The summed E-state index contributed by atoms with van der Waals surface area (Å²) in [4.78, 5) is 24.5. The summed E-state index contributed by atoms with van der Waals surface area (Å²) in [5, 5.41) is 5.07. The van der Waals surface area contributed by atoms with Crippen LogP contribution in [0.15, 0.2) is 71.6 Å². The Labute approximate surface area is 195 Å². The zero-order chi connectivity index (χ0) is 24.7. The normalized spacial score (nSPS) is 10.8. The average molecular weight is 488 g/mol. The van der Waals surface area contributed by atoms with Crippen molar-refractivity contribution in [2.24, 2.45) is 0 Å². The van der Waals surface area contributed by atoms with E-state index in [0.717, 1.165) is 24.3 Å². The molecule has 3 rings (SSSR count). The van der Waals surface area contributed by atoms with E-state index in [2.05, 4.69) is 15.4 Å². The molecule has 0 bridgehead atoms. The first-order chi connectivity index (χ1) is 16.2. The number of hydrogen-bond donors (Lipinski definition) is 3. The summed E-state index contributed by atoms with van der Waals surface area (Å²) in [5.41, 5.74) is 0.594. The van der Waals surface area contributed by atoms with Crippen molar-refractivity contribution in [1.82, 2.24) is 5.32 Å². The third-order valence-corrected chi connectivity index (χ3v) is 5.99. The van der Waals surface area contributed by atoms with Crippen LogP contribution in [0.25, 0.3) is 0 Å². The van der Waals surface area contributed by atoms with Crippen LogP contribution in [0.3, 0.4) is 0 Å². The van der Waals surface area contributed by atoms with Gasteiger partial charge >= 0.3 is 0 Å². The van der Waals surface area contributed by atoms with Gasteiger partial charge in [-0.15, -0.1) is 0 Å². The van der Waals surface area contributed by atoms with Crippen LogP contribution in [0.5, 0.6) is 11.5 Å². The van der Waals surface area contributed by atoms with Crippen molar-refractivity contribution in [3.63, 3.8) is 0 Å². The summed E-state index contributed by atoms with van der Waals surface area (Å²) in [5.74, 6) is -1.03. The number of amides is 2. The zero-order valence-corrected chi connectivity index (χ0v) is 19.1. The van der Waals surface area contributed by atoms with E-state index >= 15 is 0 Å². The average Bonchev–Trinajstić information content (AvgIpc) is 2.82. The number of carbonyl (C=O) groups excluding carboxylic acids is 2. The largest absolute Gasteiger partial charge is 0.496 e. The molecule has 0 radical (unpaired) electrons. The molecule has 3 aromatic rings. The second-order valence-electron chi connectivity index (χ2n) is 6.91. The van der Waals surface area contributed by atoms with E-state index in [9.17, 15) is 22.4 Å². The van der Waals surface area contributed by atoms with Crippen molar-refractivity contribution < 1.29 is 31.9 Å². The van der Waals surface area contributed by atoms with Crippen molar-refractivity contribution in [1.29, 1.82) is 0 Å². The van der Waals surface area contributed by atoms with Gasteiger partial charge in [0.2, 0.25) is 5.91 Å². The first-order valence-electron chi connectivity index (χ1n) is 9.91. The highest BCUT2D eigenvalue weighted by Gasteiger charge is 2.18. The number of rotatable bonds is 9. The van der Waals surface area contributed by atoms with Gasteiger partial charge in [-0.1, -0.05) is 12.1 Å². The van der Waals surface area contributed by atoms with Crippen LogP contribution in [0.2, 0.25) is 0 Å². The van der Waals surface area contributed by atoms with E-state index in [4.69, 9.17) is 9.47 Å². The van der Waals surface area contributed by atoms with Crippen LogP contribution in [-0.2, 0) is 14.8 Å². The second-order valence-corrected chi connectivity index (χ2v) is 8.59. The first-order valence-corrected chi connectivity index (χ1v) is 11.4. The summed E-state index contributed by atoms with van der Waals surface area (Å²) < 4.78 is 51.1. The maximum Gasteiger partial charge on any atom is 0.262 e. The van der Waals surface area contributed by atoms with E-state index in [1.165, 1.54) is 32.4 Å². The molecule has 0 saturated heterocycles. The fraction of sp³-hybridized carbons (Fsp3) is 0.130. The Morgan fingerprint density at radius 1 is 0.912 bits per heavy atom.